The van der Waals surface area contributed by atoms with Crippen molar-refractivity contribution in [3.8, 4) is 0 Å². The van der Waals surface area contributed by atoms with Crippen LogP contribution in [0.5, 0.6) is 0 Å². The summed E-state index contributed by atoms with van der Waals surface area (Å²) in [7, 11) is 2.11. The molecule has 2 saturated heterocycles. The zero-order valence-electron chi connectivity index (χ0n) is 18.7. The number of amides is 1. The molecular formula is C24H31F3N4O. The van der Waals surface area contributed by atoms with Crippen LogP contribution < -0.4 is 0 Å². The highest BCUT2D eigenvalue weighted by Crippen LogP contribution is 2.39. The standard InChI is InChI=1S/C24H31F3N4O/c1-17-14-18(16-31(15-17)22(32)7-9-30-12-10-29(2)11-13-30)19-5-6-21(24(25,26)27)23-20(19)4-3-8-28-23/h3-6,8,17-18H,7,9-16H2,1-2H3/t17-,18+/m1/s1. The van der Waals surface area contributed by atoms with Gasteiger partial charge in [-0.2, -0.15) is 13.2 Å². The summed E-state index contributed by atoms with van der Waals surface area (Å²) in [4.78, 5) is 23.6. The van der Waals surface area contributed by atoms with Gasteiger partial charge in [-0.15, -0.1) is 0 Å². The largest absolute Gasteiger partial charge is 0.418 e. The molecule has 174 valence electrons. The number of fused-ring (bicyclic) bond motifs is 1. The first-order valence-corrected chi connectivity index (χ1v) is 11.4. The summed E-state index contributed by atoms with van der Waals surface area (Å²) in [6.07, 6.45) is -1.72. The van der Waals surface area contributed by atoms with Gasteiger partial charge < -0.3 is 14.7 Å². The molecule has 2 aromatic rings. The number of piperidine rings is 1. The smallest absolute Gasteiger partial charge is 0.342 e. The number of aromatic nitrogens is 1. The third kappa shape index (κ3) is 5.07. The van der Waals surface area contributed by atoms with Crippen LogP contribution in [0.1, 0.15) is 36.8 Å². The summed E-state index contributed by atoms with van der Waals surface area (Å²) >= 11 is 0. The maximum absolute atomic E-state index is 13.5. The Bertz CT molecular complexity index is 956. The Morgan fingerprint density at radius 2 is 1.88 bits per heavy atom. The summed E-state index contributed by atoms with van der Waals surface area (Å²) in [5, 5.41) is 0.534. The number of benzene rings is 1. The Labute approximate surface area is 187 Å². The average Bonchev–Trinajstić information content (AvgIpc) is 2.76. The fourth-order valence-electron chi connectivity index (χ4n) is 5.04. The minimum absolute atomic E-state index is 0.000296. The van der Waals surface area contributed by atoms with E-state index in [0.29, 0.717) is 24.9 Å². The molecule has 4 rings (SSSR count). The van der Waals surface area contributed by atoms with Crippen LogP contribution >= 0.6 is 0 Å². The zero-order valence-corrected chi connectivity index (χ0v) is 18.7. The van der Waals surface area contributed by atoms with Crippen LogP contribution in [0.4, 0.5) is 13.2 Å². The molecule has 32 heavy (non-hydrogen) atoms. The Morgan fingerprint density at radius 3 is 2.59 bits per heavy atom. The lowest BCUT2D eigenvalue weighted by molar-refractivity contribution is -0.136. The van der Waals surface area contributed by atoms with E-state index in [1.165, 1.54) is 6.20 Å². The molecule has 2 aliphatic rings. The van der Waals surface area contributed by atoms with Gasteiger partial charge in [0.15, 0.2) is 0 Å². The molecule has 0 aliphatic carbocycles. The highest BCUT2D eigenvalue weighted by molar-refractivity contribution is 5.86. The predicted molar refractivity (Wildman–Crippen MR) is 118 cm³/mol. The van der Waals surface area contributed by atoms with E-state index in [1.807, 2.05) is 4.90 Å². The number of halogens is 3. The van der Waals surface area contributed by atoms with Gasteiger partial charge in [-0.1, -0.05) is 19.1 Å². The second-order valence-electron chi connectivity index (χ2n) is 9.33. The zero-order chi connectivity index (χ0) is 22.9. The highest BCUT2D eigenvalue weighted by Gasteiger charge is 2.35. The molecule has 0 spiro atoms. The normalized spacial score (nSPS) is 23.6. The van der Waals surface area contributed by atoms with Crippen LogP contribution in [0.25, 0.3) is 10.9 Å². The molecule has 0 N–H and O–H groups in total. The molecule has 1 aromatic carbocycles. The minimum Gasteiger partial charge on any atom is -0.342 e. The lowest BCUT2D eigenvalue weighted by Crippen LogP contribution is -2.47. The number of likely N-dealkylation sites (tertiary alicyclic amines) is 1. The number of carbonyl (C=O) groups excluding carboxylic acids is 1. The summed E-state index contributed by atoms with van der Waals surface area (Å²) < 4.78 is 40.4. The average molecular weight is 449 g/mol. The van der Waals surface area contributed by atoms with Gasteiger partial charge in [0.2, 0.25) is 5.91 Å². The van der Waals surface area contributed by atoms with Crippen molar-refractivity contribution in [3.05, 3.63) is 41.6 Å². The van der Waals surface area contributed by atoms with Crippen molar-refractivity contribution in [2.45, 2.75) is 31.9 Å². The number of alkyl halides is 3. The third-order valence-electron chi connectivity index (χ3n) is 6.80. The maximum atomic E-state index is 13.5. The van der Waals surface area contributed by atoms with Crippen molar-refractivity contribution in [2.75, 3.05) is 52.9 Å². The van der Waals surface area contributed by atoms with Crippen LogP contribution in [-0.4, -0.2) is 78.5 Å². The van der Waals surface area contributed by atoms with Gasteiger partial charge in [-0.3, -0.25) is 9.78 Å². The van der Waals surface area contributed by atoms with E-state index in [-0.39, 0.29) is 23.3 Å². The van der Waals surface area contributed by atoms with Crippen LogP contribution in [-0.2, 0) is 11.0 Å². The monoisotopic (exact) mass is 448 g/mol. The number of hydrogen-bond donors (Lipinski definition) is 0. The Balaban J connectivity index is 1.50. The van der Waals surface area contributed by atoms with Crippen LogP contribution in [0.3, 0.4) is 0 Å². The molecule has 2 fully saturated rings. The Hall–Kier alpha value is -2.19. The van der Waals surface area contributed by atoms with Crippen molar-refractivity contribution in [1.29, 1.82) is 0 Å². The van der Waals surface area contributed by atoms with E-state index >= 15 is 0 Å². The van der Waals surface area contributed by atoms with Gasteiger partial charge in [0.1, 0.15) is 0 Å². The van der Waals surface area contributed by atoms with Crippen LogP contribution in [0, 0.1) is 5.92 Å². The van der Waals surface area contributed by atoms with E-state index in [9.17, 15) is 18.0 Å². The predicted octanol–water partition coefficient (Wildman–Crippen LogP) is 3.84. The molecule has 0 radical (unpaired) electrons. The first-order valence-electron chi connectivity index (χ1n) is 11.4. The first kappa shape index (κ1) is 23.0. The molecular weight excluding hydrogens is 417 g/mol. The third-order valence-corrected chi connectivity index (χ3v) is 6.80. The van der Waals surface area contributed by atoms with Crippen molar-refractivity contribution < 1.29 is 18.0 Å². The Morgan fingerprint density at radius 1 is 1.12 bits per heavy atom. The van der Waals surface area contributed by atoms with E-state index in [1.54, 1.807) is 18.2 Å². The van der Waals surface area contributed by atoms with E-state index in [0.717, 1.165) is 50.8 Å². The van der Waals surface area contributed by atoms with Gasteiger partial charge in [0.05, 0.1) is 11.1 Å². The lowest BCUT2D eigenvalue weighted by Gasteiger charge is -2.38. The van der Waals surface area contributed by atoms with Gasteiger partial charge in [0, 0.05) is 69.7 Å². The number of hydrogen-bond acceptors (Lipinski definition) is 4. The number of likely N-dealkylation sites (N-methyl/N-ethyl adjacent to an activating group) is 1. The molecule has 1 amide bonds. The van der Waals surface area contributed by atoms with Crippen molar-refractivity contribution >= 4 is 16.8 Å². The molecule has 5 nitrogen and oxygen atoms in total. The molecule has 0 unspecified atom stereocenters. The summed E-state index contributed by atoms with van der Waals surface area (Å²) in [5.41, 5.74) is 0.133. The molecule has 2 aliphatic heterocycles. The molecule has 3 heterocycles. The van der Waals surface area contributed by atoms with Gasteiger partial charge >= 0.3 is 6.18 Å². The van der Waals surface area contributed by atoms with Crippen molar-refractivity contribution in [1.82, 2.24) is 19.7 Å². The quantitative estimate of drug-likeness (QED) is 0.713. The lowest BCUT2D eigenvalue weighted by atomic mass is 9.83. The maximum Gasteiger partial charge on any atom is 0.418 e. The molecule has 2 atom stereocenters. The number of carbonyl (C=O) groups is 1. The second kappa shape index (κ2) is 9.35. The van der Waals surface area contributed by atoms with Crippen LogP contribution in [0.2, 0.25) is 0 Å². The molecule has 8 heteroatoms. The molecule has 1 aromatic heterocycles. The number of nitrogens with zero attached hydrogens (tertiary/aromatic N) is 4. The van der Waals surface area contributed by atoms with Gasteiger partial charge in [-0.05, 0) is 37.1 Å². The number of piperazine rings is 1. The SMILES string of the molecule is C[C@@H]1C[C@H](c2ccc(C(F)(F)F)c3ncccc23)CN(C(=O)CCN2CCN(C)CC2)C1. The van der Waals surface area contributed by atoms with Gasteiger partial charge in [-0.25, -0.2) is 0 Å². The van der Waals surface area contributed by atoms with Crippen LogP contribution in [0.15, 0.2) is 30.5 Å². The molecule has 0 saturated carbocycles. The fraction of sp³-hybridized carbons (Fsp3) is 0.583. The first-order chi connectivity index (χ1) is 15.2. The summed E-state index contributed by atoms with van der Waals surface area (Å²) in [5.74, 6) is 0.422. The highest BCUT2D eigenvalue weighted by atomic mass is 19.4. The minimum atomic E-state index is -4.45. The number of rotatable bonds is 4. The second-order valence-corrected chi connectivity index (χ2v) is 9.33. The van der Waals surface area contributed by atoms with E-state index < -0.39 is 11.7 Å². The molecule has 0 bridgehead atoms. The topological polar surface area (TPSA) is 39.7 Å². The van der Waals surface area contributed by atoms with Gasteiger partial charge in [0.25, 0.3) is 0 Å². The van der Waals surface area contributed by atoms with E-state index in [4.69, 9.17) is 0 Å². The van der Waals surface area contributed by atoms with Crippen molar-refractivity contribution in [3.63, 3.8) is 0 Å². The van der Waals surface area contributed by atoms with E-state index in [2.05, 4.69) is 28.8 Å². The Kier molecular flexibility index (Phi) is 6.72. The van der Waals surface area contributed by atoms with Crippen molar-refractivity contribution in [2.24, 2.45) is 5.92 Å². The number of pyridine rings is 1. The fourth-order valence-corrected chi connectivity index (χ4v) is 5.04. The summed E-state index contributed by atoms with van der Waals surface area (Å²) in [6.45, 7) is 8.11. The summed E-state index contributed by atoms with van der Waals surface area (Å²) in [6, 6.07) is 6.12.